The number of para-hydroxylation sites is 1. The highest BCUT2D eigenvalue weighted by atomic mass is 15.2. The van der Waals surface area contributed by atoms with Gasteiger partial charge in [-0.15, -0.1) is 0 Å². The first-order valence-electron chi connectivity index (χ1n) is 8.71. The van der Waals surface area contributed by atoms with Gasteiger partial charge >= 0.3 is 0 Å². The lowest BCUT2D eigenvalue weighted by molar-refractivity contribution is 0.113. The van der Waals surface area contributed by atoms with E-state index in [4.69, 9.17) is 4.98 Å². The first kappa shape index (κ1) is 14.2. The Hall–Kier alpha value is -1.45. The molecule has 1 saturated heterocycles. The van der Waals surface area contributed by atoms with E-state index in [1.165, 1.54) is 44.0 Å². The van der Waals surface area contributed by atoms with Gasteiger partial charge in [0.2, 0.25) is 0 Å². The molecule has 0 radical (unpaired) electrons. The number of likely N-dealkylation sites (tertiary alicyclic amines) is 1. The third-order valence-corrected chi connectivity index (χ3v) is 5.31. The maximum absolute atomic E-state index is 4.74. The van der Waals surface area contributed by atoms with Gasteiger partial charge in [-0.3, -0.25) is 9.88 Å². The Bertz CT molecular complexity index is 635. The Labute approximate surface area is 132 Å². The van der Waals surface area contributed by atoms with Crippen LogP contribution in [0.3, 0.4) is 0 Å². The lowest BCUT2D eigenvalue weighted by atomic mass is 9.91. The molecule has 1 aliphatic heterocycles. The van der Waals surface area contributed by atoms with Crippen molar-refractivity contribution in [2.24, 2.45) is 0 Å². The van der Waals surface area contributed by atoms with Crippen molar-refractivity contribution in [3.63, 3.8) is 0 Å². The van der Waals surface area contributed by atoms with E-state index in [-0.39, 0.29) is 0 Å². The van der Waals surface area contributed by atoms with E-state index in [0.717, 1.165) is 36.4 Å². The zero-order valence-electron chi connectivity index (χ0n) is 13.2. The van der Waals surface area contributed by atoms with Gasteiger partial charge in [-0.05, 0) is 44.4 Å². The fourth-order valence-corrected chi connectivity index (χ4v) is 3.85. The Morgan fingerprint density at radius 2 is 1.95 bits per heavy atom. The molecule has 2 aromatic rings. The van der Waals surface area contributed by atoms with Crippen LogP contribution in [0, 0.1) is 0 Å². The third-order valence-electron chi connectivity index (χ3n) is 5.31. The molecule has 2 fully saturated rings. The second-order valence-corrected chi connectivity index (χ2v) is 6.74. The summed E-state index contributed by atoms with van der Waals surface area (Å²) < 4.78 is 0. The van der Waals surface area contributed by atoms with Crippen molar-refractivity contribution in [3.05, 3.63) is 42.1 Å². The number of pyridine rings is 1. The van der Waals surface area contributed by atoms with Crippen molar-refractivity contribution in [2.75, 3.05) is 13.1 Å². The lowest BCUT2D eigenvalue weighted by Gasteiger charge is -2.38. The molecule has 1 aromatic carbocycles. The molecule has 0 unspecified atom stereocenters. The van der Waals surface area contributed by atoms with Crippen LogP contribution in [0.25, 0.3) is 10.9 Å². The summed E-state index contributed by atoms with van der Waals surface area (Å²) in [6, 6.07) is 14.3. The van der Waals surface area contributed by atoms with Crippen LogP contribution < -0.4 is 5.32 Å². The molecule has 0 spiro atoms. The van der Waals surface area contributed by atoms with Gasteiger partial charge in [-0.1, -0.05) is 30.7 Å². The Balaban J connectivity index is 1.33. The highest BCUT2D eigenvalue weighted by Gasteiger charge is 2.33. The average molecular weight is 295 g/mol. The van der Waals surface area contributed by atoms with Gasteiger partial charge in [0, 0.05) is 30.6 Å². The minimum Gasteiger partial charge on any atom is -0.310 e. The molecule has 1 saturated carbocycles. The quantitative estimate of drug-likeness (QED) is 0.917. The van der Waals surface area contributed by atoms with Gasteiger partial charge in [0.1, 0.15) is 0 Å². The van der Waals surface area contributed by atoms with Crippen molar-refractivity contribution in [3.8, 4) is 0 Å². The highest BCUT2D eigenvalue weighted by Crippen LogP contribution is 2.31. The SMILES string of the molecule is c1ccc2nc(CNC[C@@H]3CCCN3C3CCC3)ccc2c1. The van der Waals surface area contributed by atoms with Gasteiger partial charge in [0.25, 0.3) is 0 Å². The molecule has 2 aliphatic rings. The Morgan fingerprint density at radius 3 is 2.82 bits per heavy atom. The van der Waals surface area contributed by atoms with Crippen LogP contribution in [-0.2, 0) is 6.54 Å². The highest BCUT2D eigenvalue weighted by molar-refractivity contribution is 5.78. The second kappa shape index (κ2) is 6.35. The van der Waals surface area contributed by atoms with Crippen molar-refractivity contribution in [1.82, 2.24) is 15.2 Å². The van der Waals surface area contributed by atoms with E-state index in [9.17, 15) is 0 Å². The monoisotopic (exact) mass is 295 g/mol. The van der Waals surface area contributed by atoms with Crippen molar-refractivity contribution in [1.29, 1.82) is 0 Å². The number of hydrogen-bond acceptors (Lipinski definition) is 3. The zero-order valence-corrected chi connectivity index (χ0v) is 13.2. The van der Waals surface area contributed by atoms with Crippen molar-refractivity contribution >= 4 is 10.9 Å². The predicted octanol–water partition coefficient (Wildman–Crippen LogP) is 3.34. The largest absolute Gasteiger partial charge is 0.310 e. The van der Waals surface area contributed by atoms with Gasteiger partial charge in [0.15, 0.2) is 0 Å². The first-order chi connectivity index (χ1) is 10.9. The van der Waals surface area contributed by atoms with Crippen LogP contribution in [0.4, 0.5) is 0 Å². The maximum atomic E-state index is 4.74. The molecule has 1 atom stereocenters. The van der Waals surface area contributed by atoms with Crippen LogP contribution in [0.15, 0.2) is 36.4 Å². The summed E-state index contributed by atoms with van der Waals surface area (Å²) in [5, 5.41) is 4.86. The van der Waals surface area contributed by atoms with E-state index >= 15 is 0 Å². The Kier molecular flexibility index (Phi) is 4.09. The van der Waals surface area contributed by atoms with E-state index in [2.05, 4.69) is 46.6 Å². The van der Waals surface area contributed by atoms with Gasteiger partial charge in [0.05, 0.1) is 11.2 Å². The minimum absolute atomic E-state index is 0.741. The van der Waals surface area contributed by atoms with Crippen LogP contribution >= 0.6 is 0 Å². The molecular weight excluding hydrogens is 270 g/mol. The van der Waals surface area contributed by atoms with Gasteiger partial charge < -0.3 is 5.32 Å². The summed E-state index contributed by atoms with van der Waals surface area (Å²) in [5.74, 6) is 0. The Morgan fingerprint density at radius 1 is 1.05 bits per heavy atom. The lowest BCUT2D eigenvalue weighted by Crippen LogP contribution is -2.46. The summed E-state index contributed by atoms with van der Waals surface area (Å²) in [4.78, 5) is 7.50. The molecule has 3 heteroatoms. The smallest absolute Gasteiger partial charge is 0.0705 e. The predicted molar refractivity (Wildman–Crippen MR) is 90.8 cm³/mol. The second-order valence-electron chi connectivity index (χ2n) is 6.74. The standard InChI is InChI=1S/C19H25N3/c1-2-9-19-15(5-1)10-11-16(21-19)13-20-14-18-8-4-12-22(18)17-6-3-7-17/h1-2,5,9-11,17-18,20H,3-4,6-8,12-14H2/t18-/m0/s1. The van der Waals surface area contributed by atoms with E-state index < -0.39 is 0 Å². The number of hydrogen-bond donors (Lipinski definition) is 1. The molecule has 1 aromatic heterocycles. The van der Waals surface area contributed by atoms with Gasteiger partial charge in [-0.2, -0.15) is 0 Å². The van der Waals surface area contributed by atoms with E-state index in [0.29, 0.717) is 0 Å². The maximum Gasteiger partial charge on any atom is 0.0705 e. The molecule has 1 N–H and O–H groups in total. The van der Waals surface area contributed by atoms with Crippen LogP contribution in [0.1, 0.15) is 37.8 Å². The molecule has 4 rings (SSSR count). The first-order valence-corrected chi connectivity index (χ1v) is 8.71. The number of benzene rings is 1. The molecule has 22 heavy (non-hydrogen) atoms. The fraction of sp³-hybridized carbons (Fsp3) is 0.526. The zero-order chi connectivity index (χ0) is 14.8. The van der Waals surface area contributed by atoms with Crippen LogP contribution in [0.5, 0.6) is 0 Å². The number of rotatable bonds is 5. The molecule has 116 valence electrons. The van der Waals surface area contributed by atoms with Crippen molar-refractivity contribution in [2.45, 2.75) is 50.7 Å². The summed E-state index contributed by atoms with van der Waals surface area (Å²) in [5.41, 5.74) is 2.24. The van der Waals surface area contributed by atoms with Gasteiger partial charge in [-0.25, -0.2) is 0 Å². The molecular formula is C19H25N3. The van der Waals surface area contributed by atoms with E-state index in [1.54, 1.807) is 0 Å². The summed E-state index contributed by atoms with van der Waals surface area (Å²) in [6.45, 7) is 3.29. The van der Waals surface area contributed by atoms with E-state index in [1.807, 2.05) is 0 Å². The molecule has 1 aliphatic carbocycles. The average Bonchev–Trinajstić information content (AvgIpc) is 2.94. The summed E-state index contributed by atoms with van der Waals surface area (Å²) in [6.07, 6.45) is 7.00. The normalized spacial score (nSPS) is 23.0. The van der Waals surface area contributed by atoms with Crippen molar-refractivity contribution < 1.29 is 0 Å². The molecule has 3 nitrogen and oxygen atoms in total. The summed E-state index contributed by atoms with van der Waals surface area (Å²) >= 11 is 0. The molecule has 2 heterocycles. The molecule has 0 amide bonds. The van der Waals surface area contributed by atoms with Crippen LogP contribution in [0.2, 0.25) is 0 Å². The third kappa shape index (κ3) is 2.88. The number of nitrogens with one attached hydrogen (secondary N) is 1. The van der Waals surface area contributed by atoms with Crippen LogP contribution in [-0.4, -0.2) is 35.1 Å². The molecule has 0 bridgehead atoms. The fourth-order valence-electron chi connectivity index (χ4n) is 3.85. The number of nitrogens with zero attached hydrogens (tertiary/aromatic N) is 2. The topological polar surface area (TPSA) is 28.2 Å². The number of aromatic nitrogens is 1. The number of fused-ring (bicyclic) bond motifs is 1. The minimum atomic E-state index is 0.741. The summed E-state index contributed by atoms with van der Waals surface area (Å²) in [7, 11) is 0.